The summed E-state index contributed by atoms with van der Waals surface area (Å²) in [7, 11) is 3.44. The van der Waals surface area contributed by atoms with Gasteiger partial charge in [0.25, 0.3) is 0 Å². The van der Waals surface area contributed by atoms with Gasteiger partial charge in [0.1, 0.15) is 0 Å². The molecule has 2 aliphatic rings. The zero-order chi connectivity index (χ0) is 14.4. The molecule has 20 heavy (non-hydrogen) atoms. The van der Waals surface area contributed by atoms with Gasteiger partial charge in [0.2, 0.25) is 0 Å². The van der Waals surface area contributed by atoms with Crippen LogP contribution in [0.4, 0.5) is 0 Å². The molecule has 2 rings (SSSR count). The number of ether oxygens (including phenoxy) is 4. The van der Waals surface area contributed by atoms with Crippen molar-refractivity contribution in [2.75, 3.05) is 53.7 Å². The summed E-state index contributed by atoms with van der Waals surface area (Å²) in [5, 5.41) is 0. The van der Waals surface area contributed by atoms with E-state index in [1.165, 1.54) is 0 Å². The highest BCUT2D eigenvalue weighted by Gasteiger charge is 2.45. The molecular formula is C14H28N2O4. The number of hydrogen-bond acceptors (Lipinski definition) is 6. The second kappa shape index (κ2) is 7.68. The minimum absolute atomic E-state index is 0.155. The third kappa shape index (κ3) is 3.90. The van der Waals surface area contributed by atoms with E-state index in [1.807, 2.05) is 0 Å². The zero-order valence-corrected chi connectivity index (χ0v) is 12.7. The molecule has 2 unspecified atom stereocenters. The lowest BCUT2D eigenvalue weighted by molar-refractivity contribution is -0.192. The van der Waals surface area contributed by atoms with Gasteiger partial charge in [-0.3, -0.25) is 4.90 Å². The second-order valence-electron chi connectivity index (χ2n) is 5.60. The Morgan fingerprint density at radius 2 is 1.75 bits per heavy atom. The fourth-order valence-corrected chi connectivity index (χ4v) is 3.17. The predicted octanol–water partition coefficient (Wildman–Crippen LogP) is 0.204. The summed E-state index contributed by atoms with van der Waals surface area (Å²) in [6, 6.07) is 0.411. The number of nitrogens with two attached hydrogens (primary N) is 1. The van der Waals surface area contributed by atoms with Crippen LogP contribution in [0.15, 0.2) is 0 Å². The standard InChI is InChI=1S/C14H28N2O4/c1-17-7-5-16(6-8-18-2)13-11-14(4-3-12(13)15)19-9-10-20-14/h12-13H,3-11,15H2,1-2H3. The maximum Gasteiger partial charge on any atom is 0.170 e. The fraction of sp³-hybridized carbons (Fsp3) is 1.00. The third-order valence-corrected chi connectivity index (χ3v) is 4.32. The Balaban J connectivity index is 1.99. The molecule has 6 nitrogen and oxygen atoms in total. The van der Waals surface area contributed by atoms with E-state index < -0.39 is 5.79 Å². The molecule has 1 heterocycles. The average molecular weight is 288 g/mol. The molecule has 0 amide bonds. The van der Waals surface area contributed by atoms with Crippen molar-refractivity contribution in [1.82, 2.24) is 4.90 Å². The average Bonchev–Trinajstić information content (AvgIpc) is 2.91. The van der Waals surface area contributed by atoms with E-state index in [0.717, 1.165) is 32.4 Å². The van der Waals surface area contributed by atoms with Crippen molar-refractivity contribution in [3.63, 3.8) is 0 Å². The van der Waals surface area contributed by atoms with Crippen LogP contribution < -0.4 is 5.73 Å². The van der Waals surface area contributed by atoms with Crippen LogP contribution in [-0.4, -0.2) is 76.5 Å². The lowest BCUT2D eigenvalue weighted by atomic mass is 9.85. The molecule has 1 aliphatic carbocycles. The second-order valence-corrected chi connectivity index (χ2v) is 5.60. The lowest BCUT2D eigenvalue weighted by Crippen LogP contribution is -2.57. The molecule has 1 spiro atoms. The van der Waals surface area contributed by atoms with E-state index >= 15 is 0 Å². The minimum Gasteiger partial charge on any atom is -0.383 e. The number of nitrogens with zero attached hydrogens (tertiary/aromatic N) is 1. The van der Waals surface area contributed by atoms with E-state index in [0.29, 0.717) is 26.4 Å². The molecule has 0 aromatic rings. The summed E-state index contributed by atoms with van der Waals surface area (Å²) in [5.74, 6) is -0.404. The quantitative estimate of drug-likeness (QED) is 0.722. The molecule has 1 saturated heterocycles. The molecule has 0 aromatic heterocycles. The van der Waals surface area contributed by atoms with Crippen LogP contribution in [0, 0.1) is 0 Å². The molecule has 2 N–H and O–H groups in total. The van der Waals surface area contributed by atoms with Crippen LogP contribution in [0.2, 0.25) is 0 Å². The van der Waals surface area contributed by atoms with Crippen molar-refractivity contribution < 1.29 is 18.9 Å². The Labute approximate surface area is 121 Å². The van der Waals surface area contributed by atoms with Gasteiger partial charge in [-0.1, -0.05) is 0 Å². The van der Waals surface area contributed by atoms with Crippen molar-refractivity contribution in [1.29, 1.82) is 0 Å². The summed E-state index contributed by atoms with van der Waals surface area (Å²) in [6.07, 6.45) is 2.66. The summed E-state index contributed by atoms with van der Waals surface area (Å²) >= 11 is 0. The molecule has 0 aromatic carbocycles. The van der Waals surface area contributed by atoms with Gasteiger partial charge in [-0.2, -0.15) is 0 Å². The highest BCUT2D eigenvalue weighted by molar-refractivity contribution is 4.95. The normalized spacial score (nSPS) is 29.4. The van der Waals surface area contributed by atoms with Crippen molar-refractivity contribution in [3.05, 3.63) is 0 Å². The third-order valence-electron chi connectivity index (χ3n) is 4.32. The summed E-state index contributed by atoms with van der Waals surface area (Å²) in [4.78, 5) is 2.35. The van der Waals surface area contributed by atoms with Crippen molar-refractivity contribution >= 4 is 0 Å². The lowest BCUT2D eigenvalue weighted by Gasteiger charge is -2.44. The highest BCUT2D eigenvalue weighted by atomic mass is 16.7. The Kier molecular flexibility index (Phi) is 6.20. The van der Waals surface area contributed by atoms with Crippen LogP contribution in [0.1, 0.15) is 19.3 Å². The van der Waals surface area contributed by atoms with Crippen molar-refractivity contribution in [3.8, 4) is 0 Å². The predicted molar refractivity (Wildman–Crippen MR) is 75.6 cm³/mol. The first-order valence-electron chi connectivity index (χ1n) is 7.46. The molecule has 0 radical (unpaired) electrons. The zero-order valence-electron chi connectivity index (χ0n) is 12.7. The Morgan fingerprint density at radius 1 is 1.15 bits per heavy atom. The maximum absolute atomic E-state index is 6.34. The molecule has 2 atom stereocenters. The van der Waals surface area contributed by atoms with Crippen LogP contribution in [0.25, 0.3) is 0 Å². The SMILES string of the molecule is COCCN(CCOC)C1CC2(CCC1N)OCCO2. The van der Waals surface area contributed by atoms with E-state index in [2.05, 4.69) is 4.90 Å². The highest BCUT2D eigenvalue weighted by Crippen LogP contribution is 2.37. The first-order chi connectivity index (χ1) is 9.71. The summed E-state index contributed by atoms with van der Waals surface area (Å²) < 4.78 is 22.1. The monoisotopic (exact) mass is 288 g/mol. The van der Waals surface area contributed by atoms with Crippen LogP contribution >= 0.6 is 0 Å². The molecule has 1 aliphatic heterocycles. The van der Waals surface area contributed by atoms with Gasteiger partial charge in [0.05, 0.1) is 26.4 Å². The molecule has 6 heteroatoms. The van der Waals surface area contributed by atoms with Crippen LogP contribution in [-0.2, 0) is 18.9 Å². The van der Waals surface area contributed by atoms with Crippen LogP contribution in [0.5, 0.6) is 0 Å². The Morgan fingerprint density at radius 3 is 2.30 bits per heavy atom. The first kappa shape index (κ1) is 16.1. The van der Waals surface area contributed by atoms with E-state index in [9.17, 15) is 0 Å². The topological polar surface area (TPSA) is 66.2 Å². The van der Waals surface area contributed by atoms with Gasteiger partial charge in [-0.05, 0) is 6.42 Å². The van der Waals surface area contributed by atoms with Gasteiger partial charge in [-0.25, -0.2) is 0 Å². The molecule has 1 saturated carbocycles. The van der Waals surface area contributed by atoms with Gasteiger partial charge in [-0.15, -0.1) is 0 Å². The van der Waals surface area contributed by atoms with Gasteiger partial charge >= 0.3 is 0 Å². The minimum atomic E-state index is -0.404. The molecule has 0 bridgehead atoms. The van der Waals surface area contributed by atoms with Crippen molar-refractivity contribution in [2.24, 2.45) is 5.73 Å². The smallest absolute Gasteiger partial charge is 0.170 e. The summed E-state index contributed by atoms with van der Waals surface area (Å²) in [5.41, 5.74) is 6.34. The van der Waals surface area contributed by atoms with E-state index in [-0.39, 0.29) is 12.1 Å². The van der Waals surface area contributed by atoms with Gasteiger partial charge < -0.3 is 24.7 Å². The molecular weight excluding hydrogens is 260 g/mol. The van der Waals surface area contributed by atoms with E-state index in [4.69, 9.17) is 24.7 Å². The maximum atomic E-state index is 6.34. The van der Waals surface area contributed by atoms with Gasteiger partial charge in [0.15, 0.2) is 5.79 Å². The first-order valence-corrected chi connectivity index (χ1v) is 7.46. The largest absolute Gasteiger partial charge is 0.383 e. The summed E-state index contributed by atoms with van der Waals surface area (Å²) in [6.45, 7) is 4.49. The number of methoxy groups -OCH3 is 2. The van der Waals surface area contributed by atoms with Crippen molar-refractivity contribution in [2.45, 2.75) is 37.1 Å². The Bertz CT molecular complexity index is 276. The van der Waals surface area contributed by atoms with Gasteiger partial charge in [0, 0.05) is 52.2 Å². The number of rotatable bonds is 7. The van der Waals surface area contributed by atoms with E-state index in [1.54, 1.807) is 14.2 Å². The molecule has 118 valence electrons. The molecule has 2 fully saturated rings. The number of hydrogen-bond donors (Lipinski definition) is 1. The van der Waals surface area contributed by atoms with Crippen LogP contribution in [0.3, 0.4) is 0 Å². The fourth-order valence-electron chi connectivity index (χ4n) is 3.17. The Hall–Kier alpha value is -0.240.